The van der Waals surface area contributed by atoms with Gasteiger partial charge in [0.25, 0.3) is 0 Å². The molecule has 0 aliphatic carbocycles. The van der Waals surface area contributed by atoms with Crippen molar-refractivity contribution in [1.29, 1.82) is 0 Å². The fourth-order valence-electron chi connectivity index (χ4n) is 8.34. The van der Waals surface area contributed by atoms with Gasteiger partial charge in [0, 0.05) is 53.5 Å². The third-order valence-corrected chi connectivity index (χ3v) is 11.6. The molecule has 1 aliphatic rings. The molecule has 12 rings (SSSR count). The first-order valence-electron chi connectivity index (χ1n) is 17.4. The summed E-state index contributed by atoms with van der Waals surface area (Å²) in [5.74, 6) is 0. The maximum Gasteiger partial charge on any atom is 0.136 e. The normalized spacial score (nSPS) is 12.5. The minimum absolute atomic E-state index is 0.828. The van der Waals surface area contributed by atoms with E-state index >= 15 is 0 Å². The number of benzene rings is 7. The molecule has 11 aromatic rings. The number of hydrogen-bond acceptors (Lipinski definition) is 4. The molecule has 0 bridgehead atoms. The van der Waals surface area contributed by atoms with Gasteiger partial charge in [-0.3, -0.25) is 9.13 Å². The average Bonchev–Trinajstić information content (AvgIpc) is 3.86. The van der Waals surface area contributed by atoms with Crippen LogP contribution in [0.1, 0.15) is 0 Å². The summed E-state index contributed by atoms with van der Waals surface area (Å²) in [4.78, 5) is 13.2. The first kappa shape index (κ1) is 28.1. The van der Waals surface area contributed by atoms with Crippen molar-refractivity contribution in [3.63, 3.8) is 0 Å². The van der Waals surface area contributed by atoms with Gasteiger partial charge in [-0.1, -0.05) is 109 Å². The summed E-state index contributed by atoms with van der Waals surface area (Å²) in [6.45, 7) is 0. The Hall–Kier alpha value is -6.63. The number of fused-ring (bicyclic) bond motifs is 11. The molecule has 0 saturated heterocycles. The second-order valence-corrected chi connectivity index (χ2v) is 14.4. The highest BCUT2D eigenvalue weighted by molar-refractivity contribution is 7.99. The summed E-state index contributed by atoms with van der Waals surface area (Å²) in [7, 11) is 0. The Morgan fingerprint density at radius 2 is 1.19 bits per heavy atom. The molecule has 5 heterocycles. The summed E-state index contributed by atoms with van der Waals surface area (Å²) in [6.07, 6.45) is 0. The van der Waals surface area contributed by atoms with Crippen LogP contribution >= 0.6 is 11.8 Å². The Morgan fingerprint density at radius 3 is 2.12 bits per heavy atom. The highest BCUT2D eigenvalue weighted by Crippen LogP contribution is 2.49. The summed E-state index contributed by atoms with van der Waals surface area (Å²) >= 11 is 1.85. The fourth-order valence-corrected chi connectivity index (χ4v) is 9.43. The van der Waals surface area contributed by atoms with E-state index in [4.69, 9.17) is 14.4 Å². The van der Waals surface area contributed by atoms with Crippen LogP contribution in [0.4, 0.5) is 0 Å². The molecule has 0 amide bonds. The van der Waals surface area contributed by atoms with E-state index in [-0.39, 0.29) is 0 Å². The first-order valence-corrected chi connectivity index (χ1v) is 18.2. The van der Waals surface area contributed by atoms with Gasteiger partial charge in [0.2, 0.25) is 0 Å². The zero-order valence-corrected chi connectivity index (χ0v) is 28.4. The fraction of sp³-hybridized carbons (Fsp3) is 0. The van der Waals surface area contributed by atoms with Gasteiger partial charge in [0.15, 0.2) is 0 Å². The van der Waals surface area contributed by atoms with Crippen molar-refractivity contribution in [2.45, 2.75) is 9.79 Å². The molecule has 242 valence electrons. The van der Waals surface area contributed by atoms with E-state index < -0.39 is 0 Å². The highest BCUT2D eigenvalue weighted by atomic mass is 32.2. The molecule has 0 unspecified atom stereocenters. The Bertz CT molecular complexity index is 3290. The van der Waals surface area contributed by atoms with Gasteiger partial charge in [0.1, 0.15) is 16.8 Å². The van der Waals surface area contributed by atoms with Crippen molar-refractivity contribution in [2.75, 3.05) is 0 Å². The maximum absolute atomic E-state index is 6.33. The molecule has 7 aromatic carbocycles. The first-order chi connectivity index (χ1) is 25.8. The van der Waals surface area contributed by atoms with Crippen molar-refractivity contribution < 1.29 is 4.42 Å². The van der Waals surface area contributed by atoms with Gasteiger partial charge in [-0.15, -0.1) is 0 Å². The van der Waals surface area contributed by atoms with Crippen LogP contribution in [0.15, 0.2) is 172 Å². The van der Waals surface area contributed by atoms with Crippen molar-refractivity contribution in [3.05, 3.63) is 158 Å². The van der Waals surface area contributed by atoms with Crippen LogP contribution in [0, 0.1) is 0 Å². The van der Waals surface area contributed by atoms with Crippen LogP contribution in [0.2, 0.25) is 0 Å². The number of nitrogens with zero attached hydrogens (tertiary/aromatic N) is 4. The van der Waals surface area contributed by atoms with Gasteiger partial charge in [-0.05, 0) is 60.7 Å². The van der Waals surface area contributed by atoms with Gasteiger partial charge >= 0.3 is 0 Å². The third-order valence-electron chi connectivity index (χ3n) is 10.5. The second kappa shape index (κ2) is 10.4. The maximum atomic E-state index is 6.33. The SMILES string of the molecule is c1cc(-c2nc3ccccc3nc2-c2cccc3oc4ccccc4c23)cc(-n2c3ccccc3c3c4cccc5c4n(c32)-c2ccccc2S5)c1. The van der Waals surface area contributed by atoms with E-state index in [0.717, 1.165) is 72.3 Å². The quantitative estimate of drug-likeness (QED) is 0.186. The van der Waals surface area contributed by atoms with Crippen molar-refractivity contribution in [2.24, 2.45) is 0 Å². The van der Waals surface area contributed by atoms with Crippen LogP contribution in [0.3, 0.4) is 0 Å². The van der Waals surface area contributed by atoms with Crippen LogP contribution in [0.5, 0.6) is 0 Å². The van der Waals surface area contributed by atoms with E-state index in [9.17, 15) is 0 Å². The lowest BCUT2D eigenvalue weighted by atomic mass is 9.98. The molecule has 5 nitrogen and oxygen atoms in total. The Balaban J connectivity index is 1.17. The minimum Gasteiger partial charge on any atom is -0.456 e. The van der Waals surface area contributed by atoms with Gasteiger partial charge in [-0.25, -0.2) is 9.97 Å². The van der Waals surface area contributed by atoms with E-state index in [2.05, 4.69) is 118 Å². The molecular weight excluding hydrogens is 657 g/mol. The van der Waals surface area contributed by atoms with E-state index in [1.807, 2.05) is 60.3 Å². The van der Waals surface area contributed by atoms with E-state index in [1.54, 1.807) is 0 Å². The predicted octanol–water partition coefficient (Wildman–Crippen LogP) is 12.4. The zero-order valence-electron chi connectivity index (χ0n) is 27.6. The molecule has 1 aliphatic heterocycles. The Labute approximate surface area is 301 Å². The van der Waals surface area contributed by atoms with Crippen LogP contribution < -0.4 is 0 Å². The summed E-state index contributed by atoms with van der Waals surface area (Å²) in [5, 5.41) is 5.88. The van der Waals surface area contributed by atoms with Crippen molar-refractivity contribution >= 4 is 77.6 Å². The smallest absolute Gasteiger partial charge is 0.136 e. The number of aromatic nitrogens is 4. The molecule has 52 heavy (non-hydrogen) atoms. The molecule has 0 atom stereocenters. The summed E-state index contributed by atoms with van der Waals surface area (Å²) in [6, 6.07) is 55.6. The Kier molecular flexibility index (Phi) is 5.65. The Morgan fingerprint density at radius 1 is 0.500 bits per heavy atom. The number of hydrogen-bond donors (Lipinski definition) is 0. The molecular formula is C46H26N4OS. The molecule has 0 spiro atoms. The van der Waals surface area contributed by atoms with Gasteiger partial charge in [0.05, 0.1) is 39.1 Å². The molecule has 0 saturated carbocycles. The number of furan rings is 1. The largest absolute Gasteiger partial charge is 0.456 e. The molecule has 0 N–H and O–H groups in total. The molecule has 0 radical (unpaired) electrons. The zero-order chi connectivity index (χ0) is 33.9. The van der Waals surface area contributed by atoms with Gasteiger partial charge < -0.3 is 4.42 Å². The number of rotatable bonds is 3. The lowest BCUT2D eigenvalue weighted by molar-refractivity contribution is 0.669. The molecule has 4 aromatic heterocycles. The third kappa shape index (κ3) is 3.79. The lowest BCUT2D eigenvalue weighted by Gasteiger charge is -2.21. The summed E-state index contributed by atoms with van der Waals surface area (Å²) in [5.41, 5.74) is 12.9. The highest BCUT2D eigenvalue weighted by Gasteiger charge is 2.28. The van der Waals surface area contributed by atoms with E-state index in [0.29, 0.717) is 0 Å². The average molecular weight is 683 g/mol. The summed E-state index contributed by atoms with van der Waals surface area (Å²) < 4.78 is 11.2. The van der Waals surface area contributed by atoms with Gasteiger partial charge in [-0.2, -0.15) is 0 Å². The monoisotopic (exact) mass is 682 g/mol. The molecule has 6 heteroatoms. The minimum atomic E-state index is 0.828. The lowest BCUT2D eigenvalue weighted by Crippen LogP contribution is -2.05. The van der Waals surface area contributed by atoms with Crippen molar-refractivity contribution in [1.82, 2.24) is 19.1 Å². The number of para-hydroxylation sites is 6. The second-order valence-electron chi connectivity index (χ2n) is 13.3. The van der Waals surface area contributed by atoms with Crippen LogP contribution in [-0.2, 0) is 0 Å². The van der Waals surface area contributed by atoms with Crippen molar-refractivity contribution in [3.8, 4) is 33.9 Å². The predicted molar refractivity (Wildman–Crippen MR) is 213 cm³/mol. The standard InChI is InChI=1S/C46H26N4OS/c1-5-20-35-29(14-1)42-32-17-11-25-40-45(32)50(36-21-6-8-24-39(36)52-40)46(42)49(35)28-13-9-12-27(26-28)43-44(48-34-19-4-3-18-33(34)47-43)31-16-10-23-38-41(31)30-15-2-7-22-37(30)51-38/h1-26H. The van der Waals surface area contributed by atoms with Crippen LogP contribution in [0.25, 0.3) is 99.7 Å². The molecule has 0 fully saturated rings. The van der Waals surface area contributed by atoms with E-state index in [1.165, 1.54) is 37.2 Å². The topological polar surface area (TPSA) is 48.8 Å². The van der Waals surface area contributed by atoms with Crippen LogP contribution in [-0.4, -0.2) is 19.1 Å².